The summed E-state index contributed by atoms with van der Waals surface area (Å²) < 4.78 is 5.16. The molecule has 0 fully saturated rings. The number of ether oxygens (including phenoxy) is 1. The van der Waals surface area contributed by atoms with E-state index in [0.717, 1.165) is 0 Å². The summed E-state index contributed by atoms with van der Waals surface area (Å²) in [6, 6.07) is 0. The molecule has 1 heterocycles. The minimum Gasteiger partial charge on any atom is -0.476 e. The molecule has 0 spiro atoms. The molecule has 13 heavy (non-hydrogen) atoms. The smallest absolute Gasteiger partial charge is 0.244 e. The molecule has 5 N–H and O–H groups in total. The molecule has 0 radical (unpaired) electrons. The van der Waals surface area contributed by atoms with Crippen LogP contribution in [0, 0.1) is 0 Å². The van der Waals surface area contributed by atoms with Crippen molar-refractivity contribution in [3.05, 3.63) is 0 Å². The fourth-order valence-electron chi connectivity index (χ4n) is 0.903. The van der Waals surface area contributed by atoms with Gasteiger partial charge in [-0.25, -0.2) is 0 Å². The number of anilines is 3. The van der Waals surface area contributed by atoms with E-state index >= 15 is 0 Å². The fraction of sp³-hybridized carbons (Fsp3) is 0.429. The van der Waals surface area contributed by atoms with Gasteiger partial charge in [-0.05, 0) is 6.92 Å². The van der Waals surface area contributed by atoms with E-state index < -0.39 is 0 Å². The van der Waals surface area contributed by atoms with Crippen LogP contribution in [0.15, 0.2) is 0 Å². The number of nitrogen functional groups attached to an aromatic ring is 2. The first-order valence-electron chi connectivity index (χ1n) is 3.92. The Balaban J connectivity index is 3.11. The predicted octanol–water partition coefficient (Wildman–Crippen LogP) is 0.0814. The molecule has 0 amide bonds. The minimum absolute atomic E-state index is 0.141. The van der Waals surface area contributed by atoms with Gasteiger partial charge in [-0.15, -0.1) is 0 Å². The summed E-state index contributed by atoms with van der Waals surface area (Å²) in [5.41, 5.74) is 11.5. The van der Waals surface area contributed by atoms with E-state index in [9.17, 15) is 0 Å². The van der Waals surface area contributed by atoms with Gasteiger partial charge >= 0.3 is 0 Å². The normalized spacial score (nSPS) is 9.69. The maximum absolute atomic E-state index is 5.68. The Morgan fingerprint density at radius 3 is 2.62 bits per heavy atom. The Labute approximate surface area is 76.3 Å². The van der Waals surface area contributed by atoms with Crippen LogP contribution in [0.5, 0.6) is 5.88 Å². The number of rotatable bonds is 3. The number of hydrogen-bond acceptors (Lipinski definition) is 6. The molecule has 0 unspecified atom stereocenters. The molecule has 0 aliphatic rings. The molecule has 0 aliphatic heterocycles. The largest absolute Gasteiger partial charge is 0.476 e. The molecule has 1 aromatic rings. The van der Waals surface area contributed by atoms with Crippen molar-refractivity contribution in [1.82, 2.24) is 9.97 Å². The van der Waals surface area contributed by atoms with Crippen LogP contribution in [-0.4, -0.2) is 23.6 Å². The lowest BCUT2D eigenvalue weighted by Crippen LogP contribution is -2.08. The Kier molecular flexibility index (Phi) is 2.73. The molecule has 0 saturated carbocycles. The quantitative estimate of drug-likeness (QED) is 0.613. The SMILES string of the molecule is CCOc1nc(N)nc(NC)c1N. The highest BCUT2D eigenvalue weighted by Gasteiger charge is 2.09. The Bertz CT molecular complexity index is 301. The lowest BCUT2D eigenvalue weighted by Gasteiger charge is -2.09. The molecule has 0 atom stereocenters. The maximum atomic E-state index is 5.68. The van der Waals surface area contributed by atoms with E-state index in [1.807, 2.05) is 6.92 Å². The molecule has 6 nitrogen and oxygen atoms in total. The van der Waals surface area contributed by atoms with Crippen LogP contribution in [0.3, 0.4) is 0 Å². The zero-order valence-electron chi connectivity index (χ0n) is 7.66. The number of aromatic nitrogens is 2. The van der Waals surface area contributed by atoms with Gasteiger partial charge in [-0.1, -0.05) is 0 Å². The summed E-state index contributed by atoms with van der Waals surface area (Å²) in [5.74, 6) is 0.942. The third-order valence-corrected chi connectivity index (χ3v) is 1.45. The molecule has 1 rings (SSSR count). The van der Waals surface area contributed by atoms with E-state index in [1.54, 1.807) is 7.05 Å². The zero-order valence-corrected chi connectivity index (χ0v) is 7.66. The third kappa shape index (κ3) is 1.90. The van der Waals surface area contributed by atoms with E-state index in [4.69, 9.17) is 16.2 Å². The van der Waals surface area contributed by atoms with Crippen molar-refractivity contribution in [3.8, 4) is 5.88 Å². The zero-order chi connectivity index (χ0) is 9.84. The van der Waals surface area contributed by atoms with Crippen molar-refractivity contribution in [1.29, 1.82) is 0 Å². The summed E-state index contributed by atoms with van der Waals surface area (Å²) in [6.45, 7) is 2.33. The molecule has 1 aromatic heterocycles. The predicted molar refractivity (Wildman–Crippen MR) is 51.6 cm³/mol. The van der Waals surface area contributed by atoms with Crippen molar-refractivity contribution in [2.45, 2.75) is 6.92 Å². The van der Waals surface area contributed by atoms with Crippen LogP contribution < -0.4 is 21.5 Å². The van der Waals surface area contributed by atoms with Gasteiger partial charge in [0.15, 0.2) is 5.82 Å². The first kappa shape index (κ1) is 9.37. The van der Waals surface area contributed by atoms with Crippen molar-refractivity contribution in [3.63, 3.8) is 0 Å². The van der Waals surface area contributed by atoms with Crippen LogP contribution in [0.25, 0.3) is 0 Å². The van der Waals surface area contributed by atoms with Crippen molar-refractivity contribution < 1.29 is 4.74 Å². The molecular formula is C7H13N5O. The first-order chi connectivity index (χ1) is 6.19. The van der Waals surface area contributed by atoms with E-state index in [1.165, 1.54) is 0 Å². The summed E-state index contributed by atoms with van der Waals surface area (Å²) in [5, 5.41) is 2.80. The minimum atomic E-state index is 0.141. The number of nitrogens with one attached hydrogen (secondary N) is 1. The van der Waals surface area contributed by atoms with Crippen molar-refractivity contribution in [2.75, 3.05) is 30.4 Å². The lowest BCUT2D eigenvalue weighted by atomic mass is 10.4. The Morgan fingerprint density at radius 2 is 2.08 bits per heavy atom. The number of hydrogen-bond donors (Lipinski definition) is 3. The van der Waals surface area contributed by atoms with Crippen LogP contribution in [0.4, 0.5) is 17.5 Å². The monoisotopic (exact) mass is 183 g/mol. The van der Waals surface area contributed by atoms with Gasteiger partial charge in [0.1, 0.15) is 5.69 Å². The van der Waals surface area contributed by atoms with Gasteiger partial charge in [0.25, 0.3) is 0 Å². The van der Waals surface area contributed by atoms with Crippen molar-refractivity contribution >= 4 is 17.5 Å². The summed E-state index contributed by atoms with van der Waals surface area (Å²) >= 11 is 0. The molecule has 6 heteroatoms. The van der Waals surface area contributed by atoms with Gasteiger partial charge < -0.3 is 21.5 Å². The van der Waals surface area contributed by atoms with Gasteiger partial charge in [0.05, 0.1) is 6.61 Å². The topological polar surface area (TPSA) is 99.1 Å². The summed E-state index contributed by atoms with van der Waals surface area (Å²) in [4.78, 5) is 7.74. The van der Waals surface area contributed by atoms with Crippen LogP contribution in [0.2, 0.25) is 0 Å². The summed E-state index contributed by atoms with van der Waals surface area (Å²) in [6.07, 6.45) is 0. The first-order valence-corrected chi connectivity index (χ1v) is 3.92. The van der Waals surface area contributed by atoms with E-state index in [0.29, 0.717) is 24.0 Å². The molecule has 0 bridgehead atoms. The maximum Gasteiger partial charge on any atom is 0.244 e. The highest BCUT2D eigenvalue weighted by atomic mass is 16.5. The van der Waals surface area contributed by atoms with Gasteiger partial charge in [0.2, 0.25) is 11.8 Å². The molecule has 72 valence electrons. The highest BCUT2D eigenvalue weighted by molar-refractivity contribution is 5.68. The average Bonchev–Trinajstić information content (AvgIpc) is 2.11. The molecule has 0 saturated heterocycles. The highest BCUT2D eigenvalue weighted by Crippen LogP contribution is 2.25. The standard InChI is InChI=1S/C7H13N5O/c1-3-13-6-4(8)5(10-2)11-7(9)12-6/h3,8H2,1-2H3,(H3,9,10,11,12). The number of nitrogens with two attached hydrogens (primary N) is 2. The molecule has 0 aliphatic carbocycles. The number of nitrogens with zero attached hydrogens (tertiary/aromatic N) is 2. The Morgan fingerprint density at radius 1 is 1.38 bits per heavy atom. The Hall–Kier alpha value is -1.72. The van der Waals surface area contributed by atoms with Gasteiger partial charge in [-0.3, -0.25) is 0 Å². The fourth-order valence-corrected chi connectivity index (χ4v) is 0.903. The van der Waals surface area contributed by atoms with Crippen LogP contribution in [-0.2, 0) is 0 Å². The van der Waals surface area contributed by atoms with Crippen molar-refractivity contribution in [2.24, 2.45) is 0 Å². The van der Waals surface area contributed by atoms with Crippen LogP contribution >= 0.6 is 0 Å². The summed E-state index contributed by atoms with van der Waals surface area (Å²) in [7, 11) is 1.70. The van der Waals surface area contributed by atoms with E-state index in [-0.39, 0.29) is 5.95 Å². The molecule has 0 aromatic carbocycles. The van der Waals surface area contributed by atoms with E-state index in [2.05, 4.69) is 15.3 Å². The third-order valence-electron chi connectivity index (χ3n) is 1.45. The van der Waals surface area contributed by atoms with Gasteiger partial charge in [-0.2, -0.15) is 9.97 Å². The lowest BCUT2D eigenvalue weighted by molar-refractivity contribution is 0.329. The second kappa shape index (κ2) is 3.79. The second-order valence-corrected chi connectivity index (χ2v) is 2.33. The average molecular weight is 183 g/mol. The van der Waals surface area contributed by atoms with Crippen LogP contribution in [0.1, 0.15) is 6.92 Å². The second-order valence-electron chi connectivity index (χ2n) is 2.33. The van der Waals surface area contributed by atoms with Gasteiger partial charge in [0, 0.05) is 7.05 Å². The molecular weight excluding hydrogens is 170 g/mol.